The topological polar surface area (TPSA) is 67.6 Å². The molecule has 2 atom stereocenters. The molecule has 116 valence electrons. The monoisotopic (exact) mass is 315 g/mol. The third kappa shape index (κ3) is 7.32. The van der Waals surface area contributed by atoms with E-state index in [0.29, 0.717) is 19.1 Å². The van der Waals surface area contributed by atoms with Crippen molar-refractivity contribution < 1.29 is 9.53 Å². The summed E-state index contributed by atoms with van der Waals surface area (Å²) in [7, 11) is 2.05. The second-order valence-electron chi connectivity index (χ2n) is 4.93. The van der Waals surface area contributed by atoms with Crippen LogP contribution in [0.4, 0.5) is 0 Å². The molecular weight excluding hydrogens is 289 g/mol. The fraction of sp³-hybridized carbons (Fsp3) is 0.917. The van der Waals surface area contributed by atoms with Crippen LogP contribution in [0, 0.1) is 0 Å². The van der Waals surface area contributed by atoms with Crippen molar-refractivity contribution in [3.63, 3.8) is 0 Å². The highest BCUT2D eigenvalue weighted by Crippen LogP contribution is 2.18. The summed E-state index contributed by atoms with van der Waals surface area (Å²) in [6, 6.07) is 0.497. The van der Waals surface area contributed by atoms with E-state index < -0.39 is 0 Å². The van der Waals surface area contributed by atoms with E-state index in [0.717, 1.165) is 19.4 Å². The number of ether oxygens (including phenoxy) is 1. The first kappa shape index (κ1) is 21.2. The van der Waals surface area contributed by atoms with Crippen LogP contribution in [0.15, 0.2) is 0 Å². The lowest BCUT2D eigenvalue weighted by Gasteiger charge is -2.21. The second-order valence-corrected chi connectivity index (χ2v) is 4.93. The molecule has 0 unspecified atom stereocenters. The van der Waals surface area contributed by atoms with Crippen molar-refractivity contribution in [2.24, 2.45) is 5.73 Å². The minimum Gasteiger partial charge on any atom is -0.364 e. The number of hydrogen-bond donors (Lipinski definition) is 2. The normalized spacial score (nSPS) is 22.0. The van der Waals surface area contributed by atoms with Crippen LogP contribution in [-0.4, -0.2) is 55.7 Å². The maximum absolute atomic E-state index is 11.8. The number of amides is 1. The molecule has 0 aliphatic carbocycles. The minimum absolute atomic E-state index is 0. The number of carbonyl (C=O) groups is 1. The summed E-state index contributed by atoms with van der Waals surface area (Å²) >= 11 is 0. The molecule has 0 aromatic rings. The first-order chi connectivity index (χ1) is 8.04. The number of rotatable bonds is 6. The molecule has 1 amide bonds. The molecule has 0 spiro atoms. The van der Waals surface area contributed by atoms with Gasteiger partial charge in [0.05, 0.1) is 6.10 Å². The number of hydrogen-bond acceptors (Lipinski definition) is 4. The van der Waals surface area contributed by atoms with Gasteiger partial charge >= 0.3 is 0 Å². The van der Waals surface area contributed by atoms with Crippen LogP contribution in [0.5, 0.6) is 0 Å². The first-order valence-electron chi connectivity index (χ1n) is 6.38. The van der Waals surface area contributed by atoms with Crippen LogP contribution >= 0.6 is 24.8 Å². The Hall–Kier alpha value is -0.0700. The Morgan fingerprint density at radius 3 is 2.53 bits per heavy atom. The summed E-state index contributed by atoms with van der Waals surface area (Å²) in [5.74, 6) is -0.00175. The molecule has 1 aliphatic rings. The Bertz CT molecular complexity index is 255. The van der Waals surface area contributed by atoms with E-state index in [4.69, 9.17) is 10.5 Å². The molecule has 1 saturated heterocycles. The highest BCUT2D eigenvalue weighted by atomic mass is 35.5. The molecular formula is C12H27Cl2N3O2. The Labute approximate surface area is 128 Å². The molecule has 19 heavy (non-hydrogen) atoms. The van der Waals surface area contributed by atoms with E-state index in [2.05, 4.69) is 24.1 Å². The van der Waals surface area contributed by atoms with Gasteiger partial charge in [-0.3, -0.25) is 4.79 Å². The van der Waals surface area contributed by atoms with Gasteiger partial charge in [0, 0.05) is 25.7 Å². The second kappa shape index (κ2) is 10.7. The van der Waals surface area contributed by atoms with Gasteiger partial charge in [-0.2, -0.15) is 0 Å². The molecule has 7 heteroatoms. The lowest BCUT2D eigenvalue weighted by molar-refractivity contribution is -0.131. The van der Waals surface area contributed by atoms with Crippen LogP contribution in [-0.2, 0) is 9.53 Å². The van der Waals surface area contributed by atoms with E-state index in [1.165, 1.54) is 0 Å². The van der Waals surface area contributed by atoms with Crippen molar-refractivity contribution >= 4 is 30.7 Å². The SMILES string of the molecule is CC(C)N(C)CCNC(=O)[C@@H]1CC[C@H](CN)O1.Cl.Cl. The lowest BCUT2D eigenvalue weighted by Crippen LogP contribution is -2.40. The van der Waals surface area contributed by atoms with Gasteiger partial charge in [0.1, 0.15) is 6.10 Å². The third-order valence-electron chi connectivity index (χ3n) is 3.31. The zero-order valence-electron chi connectivity index (χ0n) is 11.9. The molecule has 1 rings (SSSR count). The summed E-state index contributed by atoms with van der Waals surface area (Å²) < 4.78 is 5.53. The van der Waals surface area contributed by atoms with E-state index in [9.17, 15) is 4.79 Å². The van der Waals surface area contributed by atoms with Crippen molar-refractivity contribution in [2.75, 3.05) is 26.7 Å². The van der Waals surface area contributed by atoms with Crippen molar-refractivity contribution in [1.29, 1.82) is 0 Å². The average Bonchev–Trinajstić information content (AvgIpc) is 2.77. The van der Waals surface area contributed by atoms with Gasteiger partial charge in [-0.25, -0.2) is 0 Å². The quantitative estimate of drug-likeness (QED) is 0.760. The van der Waals surface area contributed by atoms with E-state index >= 15 is 0 Å². The summed E-state index contributed by atoms with van der Waals surface area (Å²) in [4.78, 5) is 14.0. The maximum Gasteiger partial charge on any atom is 0.249 e. The minimum atomic E-state index is -0.298. The fourth-order valence-corrected chi connectivity index (χ4v) is 1.80. The van der Waals surface area contributed by atoms with E-state index in [1.54, 1.807) is 0 Å². The Kier molecular flexibility index (Phi) is 11.9. The molecule has 0 aromatic carbocycles. The van der Waals surface area contributed by atoms with Crippen molar-refractivity contribution in [3.05, 3.63) is 0 Å². The summed E-state index contributed by atoms with van der Waals surface area (Å²) in [6.45, 7) is 6.29. The number of likely N-dealkylation sites (N-methyl/N-ethyl adjacent to an activating group) is 1. The standard InChI is InChI=1S/C12H25N3O2.2ClH/c1-9(2)15(3)7-6-14-12(16)11-5-4-10(8-13)17-11;;/h9-11H,4-8,13H2,1-3H3,(H,14,16);2*1H/t10-,11+;;/m1../s1. The van der Waals surface area contributed by atoms with Crippen LogP contribution in [0.3, 0.4) is 0 Å². The number of nitrogens with zero attached hydrogens (tertiary/aromatic N) is 1. The molecule has 5 nitrogen and oxygen atoms in total. The molecule has 0 bridgehead atoms. The van der Waals surface area contributed by atoms with Crippen LogP contribution < -0.4 is 11.1 Å². The third-order valence-corrected chi connectivity index (χ3v) is 3.31. The van der Waals surface area contributed by atoms with E-state index in [-0.39, 0.29) is 42.9 Å². The number of nitrogens with two attached hydrogens (primary N) is 1. The Balaban J connectivity index is 0. The summed E-state index contributed by atoms with van der Waals surface area (Å²) in [5, 5.41) is 2.91. The maximum atomic E-state index is 11.8. The van der Waals surface area contributed by atoms with Gasteiger partial charge in [-0.1, -0.05) is 0 Å². The smallest absolute Gasteiger partial charge is 0.249 e. The lowest BCUT2D eigenvalue weighted by atomic mass is 10.2. The van der Waals surface area contributed by atoms with Crippen LogP contribution in [0.1, 0.15) is 26.7 Å². The van der Waals surface area contributed by atoms with E-state index in [1.807, 2.05) is 7.05 Å². The number of nitrogens with one attached hydrogen (secondary N) is 1. The summed E-state index contributed by atoms with van der Waals surface area (Å²) in [6.07, 6.45) is 1.44. The molecule has 1 fully saturated rings. The predicted molar refractivity (Wildman–Crippen MR) is 82.2 cm³/mol. The zero-order chi connectivity index (χ0) is 12.8. The predicted octanol–water partition coefficient (Wildman–Crippen LogP) is 0.793. The number of carbonyl (C=O) groups excluding carboxylic acids is 1. The highest BCUT2D eigenvalue weighted by Gasteiger charge is 2.29. The first-order valence-corrected chi connectivity index (χ1v) is 6.38. The number of halogens is 2. The van der Waals surface area contributed by atoms with Crippen LogP contribution in [0.25, 0.3) is 0 Å². The van der Waals surface area contributed by atoms with Crippen molar-refractivity contribution in [2.45, 2.75) is 44.9 Å². The van der Waals surface area contributed by atoms with Crippen LogP contribution in [0.2, 0.25) is 0 Å². The Morgan fingerprint density at radius 2 is 2.05 bits per heavy atom. The van der Waals surface area contributed by atoms with Crippen molar-refractivity contribution in [1.82, 2.24) is 10.2 Å². The molecule has 0 aromatic heterocycles. The molecule has 0 saturated carbocycles. The van der Waals surface area contributed by atoms with Gasteiger partial charge in [-0.15, -0.1) is 24.8 Å². The van der Waals surface area contributed by atoms with Gasteiger partial charge in [0.15, 0.2) is 0 Å². The van der Waals surface area contributed by atoms with Gasteiger partial charge in [0.25, 0.3) is 0 Å². The average molecular weight is 316 g/mol. The van der Waals surface area contributed by atoms with Gasteiger partial charge < -0.3 is 20.7 Å². The van der Waals surface area contributed by atoms with Gasteiger partial charge in [0.2, 0.25) is 5.91 Å². The zero-order valence-corrected chi connectivity index (χ0v) is 13.6. The molecule has 0 radical (unpaired) electrons. The molecule has 3 N–H and O–H groups in total. The largest absolute Gasteiger partial charge is 0.364 e. The molecule has 1 aliphatic heterocycles. The summed E-state index contributed by atoms with van der Waals surface area (Å²) in [5.41, 5.74) is 5.51. The Morgan fingerprint density at radius 1 is 1.42 bits per heavy atom. The van der Waals surface area contributed by atoms with Gasteiger partial charge in [-0.05, 0) is 33.7 Å². The highest BCUT2D eigenvalue weighted by molar-refractivity contribution is 5.85. The fourth-order valence-electron chi connectivity index (χ4n) is 1.80. The van der Waals surface area contributed by atoms with Crippen molar-refractivity contribution in [3.8, 4) is 0 Å². The molecule has 1 heterocycles.